The molecular weight excluding hydrogens is 338 g/mol. The maximum absolute atomic E-state index is 13.4. The van der Waals surface area contributed by atoms with Crippen molar-refractivity contribution in [2.45, 2.75) is 32.3 Å². The Morgan fingerprint density at radius 2 is 1.96 bits per heavy atom. The molecule has 1 aliphatic carbocycles. The second kappa shape index (κ2) is 7.91. The Labute approximate surface area is 151 Å². The van der Waals surface area contributed by atoms with Gasteiger partial charge in [-0.2, -0.15) is 0 Å². The van der Waals surface area contributed by atoms with Gasteiger partial charge in [-0.1, -0.05) is 13.0 Å². The van der Waals surface area contributed by atoms with Gasteiger partial charge in [0.2, 0.25) is 5.91 Å². The first-order valence-corrected chi connectivity index (χ1v) is 8.83. The van der Waals surface area contributed by atoms with Crippen LogP contribution in [-0.2, 0) is 17.6 Å². The molecule has 1 atom stereocenters. The Morgan fingerprint density at radius 3 is 2.50 bits per heavy atom. The summed E-state index contributed by atoms with van der Waals surface area (Å²) in [6, 6.07) is 5.88. The van der Waals surface area contributed by atoms with E-state index in [4.69, 9.17) is 0 Å². The third kappa shape index (κ3) is 3.90. The van der Waals surface area contributed by atoms with Gasteiger partial charge in [-0.15, -0.1) is 0 Å². The van der Waals surface area contributed by atoms with Crippen molar-refractivity contribution < 1.29 is 18.7 Å². The van der Waals surface area contributed by atoms with Crippen LogP contribution in [0, 0.1) is 17.6 Å². The van der Waals surface area contributed by atoms with Crippen molar-refractivity contribution in [3.05, 3.63) is 65.0 Å². The Kier molecular flexibility index (Phi) is 5.61. The number of halogens is 2. The summed E-state index contributed by atoms with van der Waals surface area (Å²) in [5, 5.41) is 10.4. The van der Waals surface area contributed by atoms with Crippen molar-refractivity contribution in [2.75, 3.05) is 13.1 Å². The Morgan fingerprint density at radius 1 is 1.31 bits per heavy atom. The average molecular weight is 360 g/mol. The molecule has 0 fully saturated rings. The predicted molar refractivity (Wildman–Crippen MR) is 93.3 cm³/mol. The fourth-order valence-electron chi connectivity index (χ4n) is 3.49. The summed E-state index contributed by atoms with van der Waals surface area (Å²) in [6.45, 7) is 2.66. The van der Waals surface area contributed by atoms with Crippen molar-refractivity contribution in [1.82, 2.24) is 9.88 Å². The second-order valence-corrected chi connectivity index (χ2v) is 6.73. The van der Waals surface area contributed by atoms with Crippen LogP contribution >= 0.6 is 0 Å². The molecule has 1 aromatic carbocycles. The number of aliphatic hydroxyl groups excluding tert-OH is 1. The molecule has 1 unspecified atom stereocenters. The number of hydrogen-bond donors (Lipinski definition) is 1. The van der Waals surface area contributed by atoms with Crippen LogP contribution in [-0.4, -0.2) is 34.0 Å². The van der Waals surface area contributed by atoms with Crippen LogP contribution < -0.4 is 0 Å². The highest BCUT2D eigenvalue weighted by Crippen LogP contribution is 2.30. The number of fused-ring (bicyclic) bond motifs is 1. The molecule has 0 spiro atoms. The van der Waals surface area contributed by atoms with E-state index in [0.717, 1.165) is 6.42 Å². The van der Waals surface area contributed by atoms with Gasteiger partial charge in [0.05, 0.1) is 12.6 Å². The molecular formula is C20H22F2N2O2. The van der Waals surface area contributed by atoms with Gasteiger partial charge in [-0.05, 0) is 48.6 Å². The van der Waals surface area contributed by atoms with Gasteiger partial charge >= 0.3 is 0 Å². The molecule has 3 rings (SSSR count). The lowest BCUT2D eigenvalue weighted by atomic mass is 10.0. The second-order valence-electron chi connectivity index (χ2n) is 6.73. The van der Waals surface area contributed by atoms with Crippen LogP contribution in [0.4, 0.5) is 8.78 Å². The third-order valence-corrected chi connectivity index (χ3v) is 4.79. The predicted octanol–water partition coefficient (Wildman–Crippen LogP) is 3.05. The van der Waals surface area contributed by atoms with Crippen LogP contribution in [0.5, 0.6) is 0 Å². The Bertz CT molecular complexity index is 752. The summed E-state index contributed by atoms with van der Waals surface area (Å²) in [5.74, 6) is -2.20. The molecule has 6 heteroatoms. The van der Waals surface area contributed by atoms with E-state index in [1.54, 1.807) is 29.4 Å². The SMILES string of the molecule is CCCN(CC(O)c1cccnc1)C(=O)C1Cc2cc(F)c(F)cc2C1. The van der Waals surface area contributed by atoms with E-state index in [9.17, 15) is 18.7 Å². The van der Waals surface area contributed by atoms with Gasteiger partial charge < -0.3 is 10.0 Å². The number of hydrogen-bond acceptors (Lipinski definition) is 3. The number of rotatable bonds is 6. The van der Waals surface area contributed by atoms with E-state index < -0.39 is 17.7 Å². The van der Waals surface area contributed by atoms with E-state index in [0.29, 0.717) is 36.1 Å². The van der Waals surface area contributed by atoms with Gasteiger partial charge in [0.15, 0.2) is 11.6 Å². The fourth-order valence-corrected chi connectivity index (χ4v) is 3.49. The van der Waals surface area contributed by atoms with E-state index in [-0.39, 0.29) is 18.4 Å². The Hall–Kier alpha value is -2.34. The summed E-state index contributed by atoms with van der Waals surface area (Å²) >= 11 is 0. The fraction of sp³-hybridized carbons (Fsp3) is 0.400. The molecule has 138 valence electrons. The molecule has 0 radical (unpaired) electrons. The van der Waals surface area contributed by atoms with E-state index in [2.05, 4.69) is 4.98 Å². The number of amides is 1. The van der Waals surface area contributed by atoms with Crippen LogP contribution in [0.1, 0.15) is 36.1 Å². The molecule has 1 aromatic heterocycles. The first-order chi connectivity index (χ1) is 12.5. The molecule has 26 heavy (non-hydrogen) atoms. The highest BCUT2D eigenvalue weighted by Gasteiger charge is 2.32. The zero-order valence-electron chi connectivity index (χ0n) is 14.7. The monoisotopic (exact) mass is 360 g/mol. The standard InChI is InChI=1S/C20H22F2N2O2/c1-2-6-24(12-19(25)13-4-3-5-23-11-13)20(26)16-7-14-9-17(21)18(22)10-15(14)8-16/h3-5,9-11,16,19,25H,2,6-8,12H2,1H3. The van der Waals surface area contributed by atoms with Crippen LogP contribution in [0.2, 0.25) is 0 Å². The molecule has 0 saturated carbocycles. The Balaban J connectivity index is 1.71. The number of benzene rings is 1. The quantitative estimate of drug-likeness (QED) is 0.861. The first kappa shape index (κ1) is 18.5. The maximum atomic E-state index is 13.4. The van der Waals surface area contributed by atoms with Crippen molar-refractivity contribution in [1.29, 1.82) is 0 Å². The molecule has 1 N–H and O–H groups in total. The van der Waals surface area contributed by atoms with E-state index in [1.165, 1.54) is 12.1 Å². The van der Waals surface area contributed by atoms with Crippen LogP contribution in [0.3, 0.4) is 0 Å². The molecule has 1 amide bonds. The number of carbonyl (C=O) groups is 1. The summed E-state index contributed by atoms with van der Waals surface area (Å²) in [4.78, 5) is 18.6. The van der Waals surface area contributed by atoms with E-state index >= 15 is 0 Å². The molecule has 0 aliphatic heterocycles. The third-order valence-electron chi connectivity index (χ3n) is 4.79. The number of nitrogens with zero attached hydrogens (tertiary/aromatic N) is 2. The number of aliphatic hydroxyl groups is 1. The van der Waals surface area contributed by atoms with Crippen LogP contribution in [0.15, 0.2) is 36.7 Å². The van der Waals surface area contributed by atoms with Gasteiger partial charge in [0.25, 0.3) is 0 Å². The number of carbonyl (C=O) groups excluding carboxylic acids is 1. The molecule has 4 nitrogen and oxygen atoms in total. The summed E-state index contributed by atoms with van der Waals surface area (Å²) in [7, 11) is 0. The minimum Gasteiger partial charge on any atom is -0.386 e. The average Bonchev–Trinajstić information content (AvgIpc) is 3.04. The van der Waals surface area contributed by atoms with Gasteiger partial charge in [-0.25, -0.2) is 8.78 Å². The summed E-state index contributed by atoms with van der Waals surface area (Å²) in [6.07, 6.45) is 3.94. The molecule has 1 heterocycles. The number of aromatic nitrogens is 1. The number of pyridine rings is 1. The van der Waals surface area contributed by atoms with Crippen LogP contribution in [0.25, 0.3) is 0 Å². The first-order valence-electron chi connectivity index (χ1n) is 8.83. The smallest absolute Gasteiger partial charge is 0.226 e. The minimum absolute atomic E-state index is 0.0909. The highest BCUT2D eigenvalue weighted by atomic mass is 19.2. The lowest BCUT2D eigenvalue weighted by molar-refractivity contribution is -0.136. The van der Waals surface area contributed by atoms with Gasteiger partial charge in [-0.3, -0.25) is 9.78 Å². The van der Waals surface area contributed by atoms with Gasteiger partial charge in [0.1, 0.15) is 0 Å². The summed E-state index contributed by atoms with van der Waals surface area (Å²) in [5.41, 5.74) is 2.03. The molecule has 0 saturated heterocycles. The minimum atomic E-state index is -0.880. The topological polar surface area (TPSA) is 53.4 Å². The van der Waals surface area contributed by atoms with Crippen molar-refractivity contribution in [2.24, 2.45) is 5.92 Å². The van der Waals surface area contributed by atoms with Crippen molar-refractivity contribution in [3.63, 3.8) is 0 Å². The molecule has 2 aromatic rings. The zero-order valence-corrected chi connectivity index (χ0v) is 14.7. The largest absolute Gasteiger partial charge is 0.386 e. The normalized spacial score (nSPS) is 14.9. The maximum Gasteiger partial charge on any atom is 0.226 e. The highest BCUT2D eigenvalue weighted by molar-refractivity contribution is 5.80. The zero-order chi connectivity index (χ0) is 18.7. The lowest BCUT2D eigenvalue weighted by Crippen LogP contribution is -2.39. The molecule has 1 aliphatic rings. The van der Waals surface area contributed by atoms with E-state index in [1.807, 2.05) is 6.92 Å². The molecule has 0 bridgehead atoms. The van der Waals surface area contributed by atoms with Gasteiger partial charge in [0, 0.05) is 30.4 Å². The summed E-state index contributed by atoms with van der Waals surface area (Å²) < 4.78 is 26.9. The lowest BCUT2D eigenvalue weighted by Gasteiger charge is -2.27. The van der Waals surface area contributed by atoms with Crippen molar-refractivity contribution in [3.8, 4) is 0 Å². The van der Waals surface area contributed by atoms with Crippen molar-refractivity contribution >= 4 is 5.91 Å².